The van der Waals surface area contributed by atoms with E-state index in [2.05, 4.69) is 11.8 Å². The second kappa shape index (κ2) is 3.32. The Hall–Kier alpha value is -0.520. The Labute approximate surface area is 80.3 Å². The van der Waals surface area contributed by atoms with E-state index in [1.54, 1.807) is 14.0 Å². The van der Waals surface area contributed by atoms with Crippen molar-refractivity contribution in [2.75, 3.05) is 7.11 Å². The molecule has 1 rings (SSSR count). The quantitative estimate of drug-likeness (QED) is 0.657. The molecule has 1 aliphatic carbocycles. The number of rotatable bonds is 2. The first kappa shape index (κ1) is 10.6. The summed E-state index contributed by atoms with van der Waals surface area (Å²) < 4.78 is 5.20. The molecule has 0 heterocycles. The molecule has 0 radical (unpaired) electrons. The summed E-state index contributed by atoms with van der Waals surface area (Å²) in [6.07, 6.45) is 2.35. The van der Waals surface area contributed by atoms with Crippen LogP contribution in [0.5, 0.6) is 0 Å². The Morgan fingerprint density at radius 3 is 2.23 bits per heavy atom. The molecular formula is C11H18O2. The third kappa shape index (κ3) is 2.46. The molecule has 1 N–H and O–H groups in total. The summed E-state index contributed by atoms with van der Waals surface area (Å²) in [4.78, 5) is 0. The molecule has 1 unspecified atom stereocenters. The van der Waals surface area contributed by atoms with Crippen LogP contribution in [0.4, 0.5) is 0 Å². The Balaban J connectivity index is 2.69. The summed E-state index contributed by atoms with van der Waals surface area (Å²) in [5, 5.41) is 10.0. The standard InChI is InChI=1S/C11H18O2/c1-10(2,13-4)11(3,12)8-7-9-5-6-9/h9,12H,5-6H2,1-4H3. The highest BCUT2D eigenvalue weighted by Crippen LogP contribution is 2.29. The van der Waals surface area contributed by atoms with Gasteiger partial charge in [-0.1, -0.05) is 11.8 Å². The summed E-state index contributed by atoms with van der Waals surface area (Å²) in [5.74, 6) is 6.46. The maximum atomic E-state index is 10.0. The molecule has 0 saturated heterocycles. The van der Waals surface area contributed by atoms with Gasteiger partial charge in [0.15, 0.2) is 5.60 Å². The van der Waals surface area contributed by atoms with Gasteiger partial charge in [-0.3, -0.25) is 0 Å². The lowest BCUT2D eigenvalue weighted by Crippen LogP contribution is -2.48. The van der Waals surface area contributed by atoms with Crippen molar-refractivity contribution < 1.29 is 9.84 Å². The zero-order valence-electron chi connectivity index (χ0n) is 8.85. The fraction of sp³-hybridized carbons (Fsp3) is 0.818. The average molecular weight is 182 g/mol. The Kier molecular flexibility index (Phi) is 2.70. The molecule has 2 nitrogen and oxygen atoms in total. The highest BCUT2D eigenvalue weighted by molar-refractivity contribution is 5.21. The van der Waals surface area contributed by atoms with E-state index in [-0.39, 0.29) is 0 Å². The molecule has 13 heavy (non-hydrogen) atoms. The molecule has 74 valence electrons. The SMILES string of the molecule is COC(C)(C)C(C)(O)C#CC1CC1. The van der Waals surface area contributed by atoms with E-state index in [0.29, 0.717) is 5.92 Å². The lowest BCUT2D eigenvalue weighted by atomic mass is 9.88. The van der Waals surface area contributed by atoms with Crippen LogP contribution in [0.15, 0.2) is 0 Å². The molecule has 0 amide bonds. The van der Waals surface area contributed by atoms with Crippen LogP contribution in [0, 0.1) is 17.8 Å². The van der Waals surface area contributed by atoms with Crippen LogP contribution in [-0.2, 0) is 4.74 Å². The van der Waals surface area contributed by atoms with E-state index in [0.717, 1.165) is 0 Å². The molecule has 0 aliphatic heterocycles. The number of methoxy groups -OCH3 is 1. The molecule has 1 fully saturated rings. The van der Waals surface area contributed by atoms with Crippen LogP contribution < -0.4 is 0 Å². The van der Waals surface area contributed by atoms with E-state index >= 15 is 0 Å². The van der Waals surface area contributed by atoms with Crippen LogP contribution in [-0.4, -0.2) is 23.4 Å². The van der Waals surface area contributed by atoms with Crippen LogP contribution in [0.1, 0.15) is 33.6 Å². The highest BCUT2D eigenvalue weighted by Gasteiger charge is 2.38. The Morgan fingerprint density at radius 2 is 1.85 bits per heavy atom. The van der Waals surface area contributed by atoms with Gasteiger partial charge in [0.25, 0.3) is 0 Å². The lowest BCUT2D eigenvalue weighted by molar-refractivity contribution is -0.107. The van der Waals surface area contributed by atoms with Gasteiger partial charge >= 0.3 is 0 Å². The molecule has 1 aliphatic rings. The Morgan fingerprint density at radius 1 is 1.31 bits per heavy atom. The first-order chi connectivity index (χ1) is 5.89. The molecule has 0 bridgehead atoms. The summed E-state index contributed by atoms with van der Waals surface area (Å²) in [7, 11) is 1.59. The van der Waals surface area contributed by atoms with Crippen molar-refractivity contribution in [2.24, 2.45) is 5.92 Å². The number of aliphatic hydroxyl groups is 1. The van der Waals surface area contributed by atoms with Gasteiger partial charge in [0.2, 0.25) is 0 Å². The van der Waals surface area contributed by atoms with E-state index < -0.39 is 11.2 Å². The minimum atomic E-state index is -1.07. The average Bonchev–Trinajstić information content (AvgIpc) is 2.83. The van der Waals surface area contributed by atoms with Crippen LogP contribution in [0.3, 0.4) is 0 Å². The van der Waals surface area contributed by atoms with Crippen molar-refractivity contribution >= 4 is 0 Å². The minimum Gasteiger partial charge on any atom is -0.375 e. The van der Waals surface area contributed by atoms with Gasteiger partial charge in [0, 0.05) is 13.0 Å². The van der Waals surface area contributed by atoms with Crippen molar-refractivity contribution in [1.29, 1.82) is 0 Å². The number of ether oxygens (including phenoxy) is 1. The molecule has 0 aromatic rings. The Bertz CT molecular complexity index is 239. The van der Waals surface area contributed by atoms with Crippen molar-refractivity contribution in [3.8, 4) is 11.8 Å². The predicted molar refractivity (Wildman–Crippen MR) is 52.2 cm³/mol. The zero-order valence-corrected chi connectivity index (χ0v) is 8.85. The molecular weight excluding hydrogens is 164 g/mol. The molecule has 1 saturated carbocycles. The molecule has 0 aromatic heterocycles. The van der Waals surface area contributed by atoms with Crippen molar-refractivity contribution in [2.45, 2.75) is 44.8 Å². The lowest BCUT2D eigenvalue weighted by Gasteiger charge is -2.34. The van der Waals surface area contributed by atoms with Gasteiger partial charge in [0.1, 0.15) is 5.60 Å². The van der Waals surface area contributed by atoms with E-state index in [1.165, 1.54) is 12.8 Å². The summed E-state index contributed by atoms with van der Waals surface area (Å²) in [6.45, 7) is 5.38. The van der Waals surface area contributed by atoms with Crippen molar-refractivity contribution in [3.05, 3.63) is 0 Å². The fourth-order valence-corrected chi connectivity index (χ4v) is 0.820. The molecule has 0 spiro atoms. The van der Waals surface area contributed by atoms with E-state index in [1.807, 2.05) is 13.8 Å². The van der Waals surface area contributed by atoms with Crippen LogP contribution in [0.2, 0.25) is 0 Å². The largest absolute Gasteiger partial charge is 0.375 e. The van der Waals surface area contributed by atoms with Gasteiger partial charge in [-0.15, -0.1) is 0 Å². The third-order valence-electron chi connectivity index (χ3n) is 2.78. The molecule has 2 heteroatoms. The van der Waals surface area contributed by atoms with Gasteiger partial charge in [-0.05, 0) is 33.6 Å². The van der Waals surface area contributed by atoms with E-state index in [9.17, 15) is 5.11 Å². The number of hydrogen-bond donors (Lipinski definition) is 1. The smallest absolute Gasteiger partial charge is 0.150 e. The maximum absolute atomic E-state index is 10.0. The molecule has 1 atom stereocenters. The highest BCUT2D eigenvalue weighted by atomic mass is 16.5. The summed E-state index contributed by atoms with van der Waals surface area (Å²) >= 11 is 0. The van der Waals surface area contributed by atoms with Gasteiger partial charge in [-0.25, -0.2) is 0 Å². The van der Waals surface area contributed by atoms with Crippen LogP contribution in [0.25, 0.3) is 0 Å². The topological polar surface area (TPSA) is 29.5 Å². The molecule has 0 aromatic carbocycles. The third-order valence-corrected chi connectivity index (χ3v) is 2.78. The first-order valence-corrected chi connectivity index (χ1v) is 4.69. The van der Waals surface area contributed by atoms with Crippen LogP contribution >= 0.6 is 0 Å². The van der Waals surface area contributed by atoms with Crippen molar-refractivity contribution in [1.82, 2.24) is 0 Å². The maximum Gasteiger partial charge on any atom is 0.150 e. The second-order valence-corrected chi connectivity index (χ2v) is 4.33. The van der Waals surface area contributed by atoms with Gasteiger partial charge in [-0.2, -0.15) is 0 Å². The van der Waals surface area contributed by atoms with Crippen molar-refractivity contribution in [3.63, 3.8) is 0 Å². The fourth-order valence-electron chi connectivity index (χ4n) is 0.820. The monoisotopic (exact) mass is 182 g/mol. The normalized spacial score (nSPS) is 21.6. The second-order valence-electron chi connectivity index (χ2n) is 4.33. The predicted octanol–water partition coefficient (Wildman–Crippen LogP) is 1.58. The zero-order chi connectivity index (χ0) is 10.1. The van der Waals surface area contributed by atoms with Gasteiger partial charge in [0.05, 0.1) is 0 Å². The van der Waals surface area contributed by atoms with Gasteiger partial charge < -0.3 is 9.84 Å². The summed E-state index contributed by atoms with van der Waals surface area (Å²) in [6, 6.07) is 0. The number of hydrogen-bond acceptors (Lipinski definition) is 2. The van der Waals surface area contributed by atoms with E-state index in [4.69, 9.17) is 4.74 Å². The summed E-state index contributed by atoms with van der Waals surface area (Å²) in [5.41, 5.74) is -1.68. The first-order valence-electron chi connectivity index (χ1n) is 4.69. The minimum absolute atomic E-state index is 0.513.